The second kappa shape index (κ2) is 5.05. The maximum atomic E-state index is 6.59. The number of nitrogens with zero attached hydrogens (tertiary/aromatic N) is 1. The molecule has 1 saturated carbocycles. The van der Waals surface area contributed by atoms with Crippen LogP contribution in [0.1, 0.15) is 59.3 Å². The topological polar surface area (TPSA) is 29.3 Å². The summed E-state index contributed by atoms with van der Waals surface area (Å²) in [4.78, 5) is 2.40. The minimum atomic E-state index is 0.189. The van der Waals surface area contributed by atoms with Gasteiger partial charge in [0.05, 0.1) is 0 Å². The molecule has 0 aromatic rings. The molecule has 1 atom stereocenters. The van der Waals surface area contributed by atoms with Gasteiger partial charge in [-0.3, -0.25) is 0 Å². The van der Waals surface area contributed by atoms with Gasteiger partial charge < -0.3 is 10.6 Å². The van der Waals surface area contributed by atoms with Crippen LogP contribution in [0.5, 0.6) is 0 Å². The second-order valence-corrected chi connectivity index (χ2v) is 6.76. The fraction of sp³-hybridized carbons (Fsp3) is 1.00. The summed E-state index contributed by atoms with van der Waals surface area (Å²) in [6, 6.07) is 0.257. The van der Waals surface area contributed by atoms with E-state index < -0.39 is 0 Å². The molecule has 0 aliphatic heterocycles. The van der Waals surface area contributed by atoms with Crippen LogP contribution in [0.25, 0.3) is 0 Å². The Bertz CT molecular complexity index is 207. The van der Waals surface area contributed by atoms with E-state index in [2.05, 4.69) is 39.8 Å². The molecule has 0 radical (unpaired) electrons. The minimum absolute atomic E-state index is 0.189. The average Bonchev–Trinajstić information content (AvgIpc) is 2.40. The molecule has 0 aromatic carbocycles. The molecule has 1 aliphatic carbocycles. The van der Waals surface area contributed by atoms with E-state index in [0.717, 1.165) is 0 Å². The molecule has 0 aromatic heterocycles. The summed E-state index contributed by atoms with van der Waals surface area (Å²) in [6.07, 6.45) is 7.96. The van der Waals surface area contributed by atoms with Gasteiger partial charge in [0.25, 0.3) is 0 Å². The zero-order valence-corrected chi connectivity index (χ0v) is 11.8. The third kappa shape index (κ3) is 2.78. The van der Waals surface area contributed by atoms with Crippen molar-refractivity contribution >= 4 is 0 Å². The van der Waals surface area contributed by atoms with Gasteiger partial charge in [-0.1, -0.05) is 46.5 Å². The zero-order valence-electron chi connectivity index (χ0n) is 11.8. The van der Waals surface area contributed by atoms with Crippen molar-refractivity contribution in [1.82, 2.24) is 4.90 Å². The minimum Gasteiger partial charge on any atom is -0.326 e. The van der Waals surface area contributed by atoms with Crippen molar-refractivity contribution in [3.63, 3.8) is 0 Å². The van der Waals surface area contributed by atoms with Crippen molar-refractivity contribution in [2.45, 2.75) is 70.9 Å². The Kier molecular flexibility index (Phi) is 4.42. The number of nitrogens with two attached hydrogens (primary N) is 1. The van der Waals surface area contributed by atoms with Crippen LogP contribution in [0, 0.1) is 5.41 Å². The largest absolute Gasteiger partial charge is 0.326 e. The fourth-order valence-electron chi connectivity index (χ4n) is 3.18. The van der Waals surface area contributed by atoms with Crippen LogP contribution in [-0.2, 0) is 0 Å². The number of hydrogen-bond acceptors (Lipinski definition) is 2. The normalized spacial score (nSPS) is 24.2. The lowest BCUT2D eigenvalue weighted by Gasteiger charge is -2.49. The monoisotopic (exact) mass is 226 g/mol. The van der Waals surface area contributed by atoms with Crippen molar-refractivity contribution < 1.29 is 0 Å². The van der Waals surface area contributed by atoms with Crippen LogP contribution in [-0.4, -0.2) is 30.6 Å². The summed E-state index contributed by atoms with van der Waals surface area (Å²) >= 11 is 0. The Labute approximate surface area is 102 Å². The third-order valence-electron chi connectivity index (χ3n) is 4.37. The third-order valence-corrected chi connectivity index (χ3v) is 4.37. The Morgan fingerprint density at radius 3 is 1.75 bits per heavy atom. The van der Waals surface area contributed by atoms with Gasteiger partial charge in [0.2, 0.25) is 0 Å². The highest BCUT2D eigenvalue weighted by Crippen LogP contribution is 2.39. The van der Waals surface area contributed by atoms with Crippen molar-refractivity contribution in [2.75, 3.05) is 14.1 Å². The molecule has 0 heterocycles. The first-order valence-corrected chi connectivity index (χ1v) is 6.74. The molecule has 0 amide bonds. The number of likely N-dealkylation sites (N-methyl/N-ethyl adjacent to an activating group) is 1. The van der Waals surface area contributed by atoms with Gasteiger partial charge in [-0.15, -0.1) is 0 Å². The predicted molar refractivity (Wildman–Crippen MR) is 71.6 cm³/mol. The van der Waals surface area contributed by atoms with Crippen molar-refractivity contribution in [1.29, 1.82) is 0 Å². The number of rotatable bonds is 2. The van der Waals surface area contributed by atoms with Crippen LogP contribution in [0.3, 0.4) is 0 Å². The smallest absolute Gasteiger partial charge is 0.0359 e. The van der Waals surface area contributed by atoms with Gasteiger partial charge in [-0.05, 0) is 32.4 Å². The van der Waals surface area contributed by atoms with Gasteiger partial charge in [0, 0.05) is 11.6 Å². The van der Waals surface area contributed by atoms with Gasteiger partial charge in [0.1, 0.15) is 0 Å². The summed E-state index contributed by atoms with van der Waals surface area (Å²) in [5, 5.41) is 0. The Balaban J connectivity index is 2.94. The molecule has 2 N–H and O–H groups in total. The molecule has 0 spiro atoms. The van der Waals surface area contributed by atoms with Crippen LogP contribution in [0.4, 0.5) is 0 Å². The maximum absolute atomic E-state index is 6.59. The highest BCUT2D eigenvalue weighted by atomic mass is 15.2. The lowest BCUT2D eigenvalue weighted by atomic mass is 9.70. The van der Waals surface area contributed by atoms with Crippen molar-refractivity contribution in [3.8, 4) is 0 Å². The summed E-state index contributed by atoms with van der Waals surface area (Å²) in [6.45, 7) is 6.81. The maximum Gasteiger partial charge on any atom is 0.0359 e. The Hall–Kier alpha value is -0.0800. The van der Waals surface area contributed by atoms with E-state index in [1.165, 1.54) is 38.5 Å². The number of hydrogen-bond donors (Lipinski definition) is 1. The van der Waals surface area contributed by atoms with E-state index >= 15 is 0 Å². The molecular formula is C14H30N2. The first kappa shape index (κ1) is 14.0. The van der Waals surface area contributed by atoms with Crippen molar-refractivity contribution in [3.05, 3.63) is 0 Å². The molecule has 0 bridgehead atoms. The van der Waals surface area contributed by atoms with E-state index in [0.29, 0.717) is 0 Å². The van der Waals surface area contributed by atoms with Gasteiger partial charge in [-0.2, -0.15) is 0 Å². The lowest BCUT2D eigenvalue weighted by molar-refractivity contribution is 0.0493. The molecule has 1 aliphatic rings. The van der Waals surface area contributed by atoms with Gasteiger partial charge in [-0.25, -0.2) is 0 Å². The molecule has 1 unspecified atom stereocenters. The molecule has 0 saturated heterocycles. The summed E-state index contributed by atoms with van der Waals surface area (Å²) in [5.74, 6) is 0. The lowest BCUT2D eigenvalue weighted by Crippen LogP contribution is -2.62. The van der Waals surface area contributed by atoms with E-state index in [-0.39, 0.29) is 17.0 Å². The summed E-state index contributed by atoms with van der Waals surface area (Å²) < 4.78 is 0. The zero-order chi connectivity index (χ0) is 12.4. The van der Waals surface area contributed by atoms with Crippen molar-refractivity contribution in [2.24, 2.45) is 11.1 Å². The SMILES string of the molecule is CN(C)C1(C(N)C(C)(C)C)CCCCCC1. The van der Waals surface area contributed by atoms with Crippen LogP contribution in [0.15, 0.2) is 0 Å². The fourth-order valence-corrected chi connectivity index (χ4v) is 3.18. The Morgan fingerprint density at radius 1 is 1.00 bits per heavy atom. The van der Waals surface area contributed by atoms with E-state index in [4.69, 9.17) is 5.73 Å². The van der Waals surface area contributed by atoms with E-state index in [9.17, 15) is 0 Å². The van der Waals surface area contributed by atoms with Crippen LogP contribution >= 0.6 is 0 Å². The summed E-state index contributed by atoms with van der Waals surface area (Å²) in [7, 11) is 4.41. The highest BCUT2D eigenvalue weighted by molar-refractivity contribution is 5.02. The Morgan fingerprint density at radius 2 is 1.44 bits per heavy atom. The van der Waals surface area contributed by atoms with E-state index in [1.54, 1.807) is 0 Å². The van der Waals surface area contributed by atoms with E-state index in [1.807, 2.05) is 0 Å². The molecule has 2 heteroatoms. The quantitative estimate of drug-likeness (QED) is 0.733. The standard InChI is InChI=1S/C14H30N2/c1-13(2,3)12(15)14(16(4)5)10-8-6-7-9-11-14/h12H,6-11,15H2,1-5H3. The van der Waals surface area contributed by atoms with Crippen LogP contribution < -0.4 is 5.73 Å². The summed E-state index contributed by atoms with van der Waals surface area (Å²) in [5.41, 5.74) is 7.00. The van der Waals surface area contributed by atoms with Gasteiger partial charge >= 0.3 is 0 Å². The van der Waals surface area contributed by atoms with Gasteiger partial charge in [0.15, 0.2) is 0 Å². The second-order valence-electron chi connectivity index (χ2n) is 6.76. The first-order chi connectivity index (χ1) is 7.31. The highest BCUT2D eigenvalue weighted by Gasteiger charge is 2.43. The van der Waals surface area contributed by atoms with Crippen LogP contribution in [0.2, 0.25) is 0 Å². The molecule has 1 fully saturated rings. The molecule has 2 nitrogen and oxygen atoms in total. The molecule has 16 heavy (non-hydrogen) atoms. The molecule has 1 rings (SSSR count). The average molecular weight is 226 g/mol. The first-order valence-electron chi connectivity index (χ1n) is 6.74. The molecule has 96 valence electrons. The molecular weight excluding hydrogens is 196 g/mol. The predicted octanol–water partition coefficient (Wildman–Crippen LogP) is 3.01.